The van der Waals surface area contributed by atoms with E-state index in [0.717, 1.165) is 0 Å². The van der Waals surface area contributed by atoms with Crippen molar-refractivity contribution in [3.8, 4) is 0 Å². The van der Waals surface area contributed by atoms with Crippen LogP contribution in [0, 0.1) is 0 Å². The summed E-state index contributed by atoms with van der Waals surface area (Å²) in [4.78, 5) is 44.4. The summed E-state index contributed by atoms with van der Waals surface area (Å²) in [5.74, 6) is 0.322. The fraction of sp³-hybridized carbons (Fsp3) is 0.250. The fourth-order valence-electron chi connectivity index (χ4n) is 3.27. The van der Waals surface area contributed by atoms with Crippen LogP contribution in [-0.4, -0.2) is 62.8 Å². The maximum atomic E-state index is 12.7. The van der Waals surface area contributed by atoms with Crippen LogP contribution in [0.5, 0.6) is 0 Å². The average molecular weight is 426 g/mol. The number of rotatable bonds is 5. The van der Waals surface area contributed by atoms with Gasteiger partial charge in [-0.05, 0) is 18.2 Å². The second-order valence-electron chi connectivity index (χ2n) is 6.79. The van der Waals surface area contributed by atoms with Gasteiger partial charge >= 0.3 is 0 Å². The third-order valence-electron chi connectivity index (χ3n) is 4.92. The Morgan fingerprint density at radius 2 is 2.00 bits per heavy atom. The molecule has 0 atom stereocenters. The van der Waals surface area contributed by atoms with E-state index in [9.17, 15) is 9.59 Å². The molecule has 4 heterocycles. The first-order valence-corrected chi connectivity index (χ1v) is 9.82. The van der Waals surface area contributed by atoms with E-state index in [-0.39, 0.29) is 18.4 Å². The molecule has 3 aromatic rings. The number of hydrogen-bond acceptors (Lipinski definition) is 6. The molecule has 0 bridgehead atoms. The van der Waals surface area contributed by atoms with E-state index in [4.69, 9.17) is 11.6 Å². The van der Waals surface area contributed by atoms with E-state index in [0.29, 0.717) is 59.4 Å². The predicted octanol–water partition coefficient (Wildman–Crippen LogP) is 1.77. The van der Waals surface area contributed by atoms with Crippen molar-refractivity contribution in [2.45, 2.75) is 6.54 Å². The number of carbonyl (C=O) groups excluding carboxylic acids is 2. The largest absolute Gasteiger partial charge is 0.352 e. The molecule has 0 saturated carbocycles. The van der Waals surface area contributed by atoms with Crippen LogP contribution in [0.4, 0.5) is 5.82 Å². The zero-order valence-corrected chi connectivity index (χ0v) is 16.9. The molecule has 0 spiro atoms. The molecule has 3 aromatic heterocycles. The summed E-state index contributed by atoms with van der Waals surface area (Å²) in [6.07, 6.45) is 6.13. The molecule has 1 saturated heterocycles. The van der Waals surface area contributed by atoms with Crippen LogP contribution >= 0.6 is 11.6 Å². The highest BCUT2D eigenvalue weighted by atomic mass is 35.5. The van der Waals surface area contributed by atoms with Gasteiger partial charge in [0.1, 0.15) is 11.3 Å². The number of amides is 2. The van der Waals surface area contributed by atoms with Crippen LogP contribution in [-0.2, 0) is 11.3 Å². The summed E-state index contributed by atoms with van der Waals surface area (Å²) in [5.41, 5.74) is 2.15. The standard InChI is InChI=1S/C20H20ClN7O2/c1-2-17(29)28-7-5-27(6-8-28)16-12-24-19-18(26-16)15(11-23-19)20(30)25-10-14-4-3-13(21)9-22-14/h2-4,9,11-12H,1,5-8,10H2,(H,23,24)(H,25,30). The number of nitrogens with one attached hydrogen (secondary N) is 2. The number of anilines is 1. The molecule has 2 N–H and O–H groups in total. The molecule has 10 heteroatoms. The zero-order valence-electron chi connectivity index (χ0n) is 16.1. The fourth-order valence-corrected chi connectivity index (χ4v) is 3.38. The van der Waals surface area contributed by atoms with Crippen molar-refractivity contribution < 1.29 is 9.59 Å². The van der Waals surface area contributed by atoms with Gasteiger partial charge in [-0.15, -0.1) is 0 Å². The van der Waals surface area contributed by atoms with Crippen molar-refractivity contribution in [2.24, 2.45) is 0 Å². The summed E-state index contributed by atoms with van der Waals surface area (Å²) >= 11 is 5.83. The van der Waals surface area contributed by atoms with Gasteiger partial charge in [-0.2, -0.15) is 0 Å². The molecule has 0 aliphatic carbocycles. The highest BCUT2D eigenvalue weighted by molar-refractivity contribution is 6.30. The molecule has 30 heavy (non-hydrogen) atoms. The SMILES string of the molecule is C=CC(=O)N1CCN(c2cnc3[nH]cc(C(=O)NCc4ccc(Cl)cn4)c3n2)CC1. The van der Waals surface area contributed by atoms with Gasteiger partial charge in [0.15, 0.2) is 5.65 Å². The molecular formula is C20H20ClN7O2. The second kappa shape index (κ2) is 8.50. The minimum Gasteiger partial charge on any atom is -0.352 e. The minimum absolute atomic E-state index is 0.0732. The lowest BCUT2D eigenvalue weighted by Crippen LogP contribution is -2.48. The normalized spacial score (nSPS) is 14.0. The van der Waals surface area contributed by atoms with Gasteiger partial charge in [0.05, 0.1) is 29.0 Å². The van der Waals surface area contributed by atoms with Crippen molar-refractivity contribution in [1.29, 1.82) is 0 Å². The Bertz CT molecular complexity index is 1090. The quantitative estimate of drug-likeness (QED) is 0.603. The van der Waals surface area contributed by atoms with E-state index >= 15 is 0 Å². The van der Waals surface area contributed by atoms with E-state index < -0.39 is 0 Å². The molecule has 1 aliphatic heterocycles. The van der Waals surface area contributed by atoms with Gasteiger partial charge in [0, 0.05) is 38.6 Å². The minimum atomic E-state index is -0.272. The van der Waals surface area contributed by atoms with Crippen LogP contribution in [0.15, 0.2) is 43.4 Å². The number of aromatic nitrogens is 4. The van der Waals surface area contributed by atoms with E-state index in [1.54, 1.807) is 29.4 Å². The molecule has 0 aromatic carbocycles. The van der Waals surface area contributed by atoms with Crippen LogP contribution < -0.4 is 10.2 Å². The lowest BCUT2D eigenvalue weighted by Gasteiger charge is -2.34. The molecular weight excluding hydrogens is 406 g/mol. The van der Waals surface area contributed by atoms with Gasteiger partial charge in [-0.25, -0.2) is 9.97 Å². The zero-order chi connectivity index (χ0) is 21.1. The number of piperazine rings is 1. The molecule has 9 nitrogen and oxygen atoms in total. The number of hydrogen-bond donors (Lipinski definition) is 2. The molecule has 0 radical (unpaired) electrons. The van der Waals surface area contributed by atoms with Gasteiger partial charge < -0.3 is 20.1 Å². The van der Waals surface area contributed by atoms with Crippen LogP contribution in [0.25, 0.3) is 11.2 Å². The molecule has 154 valence electrons. The average Bonchev–Trinajstić information content (AvgIpc) is 3.21. The maximum absolute atomic E-state index is 12.7. The number of carbonyl (C=O) groups is 2. The predicted molar refractivity (Wildman–Crippen MR) is 113 cm³/mol. The summed E-state index contributed by atoms with van der Waals surface area (Å²) in [5, 5.41) is 3.38. The molecule has 0 unspecified atom stereocenters. The molecule has 1 fully saturated rings. The summed E-state index contributed by atoms with van der Waals surface area (Å²) in [6.45, 7) is 6.23. The second-order valence-corrected chi connectivity index (χ2v) is 7.23. The highest BCUT2D eigenvalue weighted by Gasteiger charge is 2.22. The Morgan fingerprint density at radius 3 is 2.70 bits per heavy atom. The van der Waals surface area contributed by atoms with Gasteiger partial charge in [0.2, 0.25) is 5.91 Å². The maximum Gasteiger partial charge on any atom is 0.255 e. The Kier molecular flexibility index (Phi) is 5.62. The lowest BCUT2D eigenvalue weighted by molar-refractivity contribution is -0.126. The first-order chi connectivity index (χ1) is 14.5. The van der Waals surface area contributed by atoms with E-state index in [1.807, 2.05) is 4.90 Å². The van der Waals surface area contributed by atoms with Crippen molar-refractivity contribution >= 4 is 40.4 Å². The van der Waals surface area contributed by atoms with Crippen LogP contribution in [0.2, 0.25) is 5.02 Å². The van der Waals surface area contributed by atoms with Gasteiger partial charge in [0.25, 0.3) is 5.91 Å². The van der Waals surface area contributed by atoms with Crippen LogP contribution in [0.1, 0.15) is 16.1 Å². The first kappa shape index (κ1) is 19.8. The number of aromatic amines is 1. The Labute approximate surface area is 177 Å². The Hall–Kier alpha value is -3.46. The lowest BCUT2D eigenvalue weighted by atomic mass is 10.2. The molecule has 4 rings (SSSR count). The first-order valence-electron chi connectivity index (χ1n) is 9.44. The summed E-state index contributed by atoms with van der Waals surface area (Å²) < 4.78 is 0. The summed E-state index contributed by atoms with van der Waals surface area (Å²) in [7, 11) is 0. The third-order valence-corrected chi connectivity index (χ3v) is 5.14. The monoisotopic (exact) mass is 425 g/mol. The van der Waals surface area contributed by atoms with Crippen LogP contribution in [0.3, 0.4) is 0 Å². The highest BCUT2D eigenvalue weighted by Crippen LogP contribution is 2.20. The van der Waals surface area contributed by atoms with Gasteiger partial charge in [-0.3, -0.25) is 14.6 Å². The third kappa shape index (κ3) is 4.11. The smallest absolute Gasteiger partial charge is 0.255 e. The number of halogens is 1. The molecule has 2 amide bonds. The van der Waals surface area contributed by atoms with E-state index in [1.165, 1.54) is 12.3 Å². The summed E-state index contributed by atoms with van der Waals surface area (Å²) in [6, 6.07) is 3.48. The van der Waals surface area contributed by atoms with E-state index in [2.05, 4.69) is 31.8 Å². The number of fused-ring (bicyclic) bond motifs is 1. The Morgan fingerprint density at radius 1 is 1.20 bits per heavy atom. The molecule has 1 aliphatic rings. The number of nitrogens with zero attached hydrogens (tertiary/aromatic N) is 5. The van der Waals surface area contributed by atoms with Gasteiger partial charge in [-0.1, -0.05) is 18.2 Å². The number of pyridine rings is 1. The van der Waals surface area contributed by atoms with Crippen molar-refractivity contribution in [3.63, 3.8) is 0 Å². The van der Waals surface area contributed by atoms with Crippen molar-refractivity contribution in [3.05, 3.63) is 59.7 Å². The van der Waals surface area contributed by atoms with Crippen molar-refractivity contribution in [2.75, 3.05) is 31.1 Å². The Balaban J connectivity index is 1.47. The number of H-pyrrole nitrogens is 1. The van der Waals surface area contributed by atoms with Crippen molar-refractivity contribution in [1.82, 2.24) is 30.2 Å². The topological polar surface area (TPSA) is 107 Å².